The molecular weight excluding hydrogens is 266 g/mol. The van der Waals surface area contributed by atoms with Gasteiger partial charge in [0.2, 0.25) is 0 Å². The van der Waals surface area contributed by atoms with E-state index in [4.69, 9.17) is 14.6 Å². The standard InChI is InChI=1S/C12H17N3O3S/c1-2-17-12(13)19-15-7-5-14(6-8-15)11(16)10-4-3-9-18-10/h3-4,9,13H,2,5-8H2,1H3. The largest absolute Gasteiger partial charge is 0.473 e. The van der Waals surface area contributed by atoms with Gasteiger partial charge in [0, 0.05) is 38.1 Å². The molecule has 104 valence electrons. The van der Waals surface area contributed by atoms with Crippen molar-refractivity contribution in [1.82, 2.24) is 9.21 Å². The molecule has 19 heavy (non-hydrogen) atoms. The third-order valence-electron chi connectivity index (χ3n) is 2.75. The van der Waals surface area contributed by atoms with Gasteiger partial charge in [-0.3, -0.25) is 10.2 Å². The van der Waals surface area contributed by atoms with E-state index < -0.39 is 0 Å². The second-order valence-corrected chi connectivity index (χ2v) is 5.08. The average Bonchev–Trinajstić information content (AvgIpc) is 2.93. The summed E-state index contributed by atoms with van der Waals surface area (Å²) in [7, 11) is 0. The molecule has 7 heteroatoms. The van der Waals surface area contributed by atoms with Crippen LogP contribution in [0.3, 0.4) is 0 Å². The molecule has 1 aliphatic rings. The zero-order chi connectivity index (χ0) is 13.7. The Morgan fingerprint density at radius 3 is 2.79 bits per heavy atom. The average molecular weight is 283 g/mol. The third-order valence-corrected chi connectivity index (χ3v) is 3.65. The Bertz CT molecular complexity index is 427. The molecule has 2 rings (SSSR count). The van der Waals surface area contributed by atoms with Crippen LogP contribution in [0.5, 0.6) is 0 Å². The fourth-order valence-corrected chi connectivity index (χ4v) is 2.56. The van der Waals surface area contributed by atoms with Crippen LogP contribution in [0.15, 0.2) is 22.8 Å². The second kappa shape index (κ2) is 6.63. The summed E-state index contributed by atoms with van der Waals surface area (Å²) in [6, 6.07) is 3.39. The number of ether oxygens (including phenoxy) is 1. The van der Waals surface area contributed by atoms with Gasteiger partial charge in [-0.2, -0.15) is 0 Å². The molecule has 0 atom stereocenters. The lowest BCUT2D eigenvalue weighted by atomic mass is 10.3. The van der Waals surface area contributed by atoms with Crippen LogP contribution in [0, 0.1) is 5.41 Å². The molecule has 0 radical (unpaired) electrons. The number of hydrogen-bond acceptors (Lipinski definition) is 6. The minimum Gasteiger partial charge on any atom is -0.473 e. The molecule has 0 spiro atoms. The van der Waals surface area contributed by atoms with Crippen molar-refractivity contribution in [3.8, 4) is 0 Å². The van der Waals surface area contributed by atoms with Crippen molar-refractivity contribution in [1.29, 1.82) is 5.41 Å². The van der Waals surface area contributed by atoms with Crippen LogP contribution in [-0.2, 0) is 4.74 Å². The zero-order valence-electron chi connectivity index (χ0n) is 10.8. The van der Waals surface area contributed by atoms with Crippen molar-refractivity contribution in [2.45, 2.75) is 6.92 Å². The Kier molecular flexibility index (Phi) is 4.86. The van der Waals surface area contributed by atoms with Crippen LogP contribution in [0.1, 0.15) is 17.5 Å². The highest BCUT2D eigenvalue weighted by atomic mass is 32.2. The number of hydrogen-bond donors (Lipinski definition) is 1. The summed E-state index contributed by atoms with van der Waals surface area (Å²) in [4.78, 5) is 13.8. The summed E-state index contributed by atoms with van der Waals surface area (Å²) in [6.07, 6.45) is 1.50. The van der Waals surface area contributed by atoms with E-state index in [1.54, 1.807) is 17.0 Å². The SMILES string of the molecule is CCOC(=N)SN1CCN(C(=O)c2ccco2)CC1. The Hall–Kier alpha value is -1.47. The highest BCUT2D eigenvalue weighted by molar-refractivity contribution is 8.11. The van der Waals surface area contributed by atoms with Gasteiger partial charge in [0.25, 0.3) is 11.1 Å². The summed E-state index contributed by atoms with van der Waals surface area (Å²) >= 11 is 1.29. The maximum atomic E-state index is 12.0. The molecule has 1 fully saturated rings. The normalized spacial score (nSPS) is 16.4. The molecule has 0 aliphatic carbocycles. The number of nitrogens with zero attached hydrogens (tertiary/aromatic N) is 2. The van der Waals surface area contributed by atoms with Crippen LogP contribution in [-0.4, -0.2) is 53.1 Å². The van der Waals surface area contributed by atoms with Crippen molar-refractivity contribution >= 4 is 23.1 Å². The number of carbonyl (C=O) groups is 1. The number of nitrogens with one attached hydrogen (secondary N) is 1. The number of piperazine rings is 1. The summed E-state index contributed by atoms with van der Waals surface area (Å²) < 4.78 is 12.2. The molecular formula is C12H17N3O3S. The lowest BCUT2D eigenvalue weighted by Crippen LogP contribution is -2.46. The highest BCUT2D eigenvalue weighted by Crippen LogP contribution is 2.16. The van der Waals surface area contributed by atoms with E-state index in [1.807, 2.05) is 11.2 Å². The van der Waals surface area contributed by atoms with Gasteiger partial charge >= 0.3 is 0 Å². The van der Waals surface area contributed by atoms with E-state index >= 15 is 0 Å². The van der Waals surface area contributed by atoms with Crippen LogP contribution in [0.25, 0.3) is 0 Å². The van der Waals surface area contributed by atoms with Gasteiger partial charge in [-0.05, 0) is 19.1 Å². The maximum absolute atomic E-state index is 12.0. The monoisotopic (exact) mass is 283 g/mol. The number of carbonyl (C=O) groups excluding carboxylic acids is 1. The van der Waals surface area contributed by atoms with E-state index in [9.17, 15) is 4.79 Å². The van der Waals surface area contributed by atoms with Crippen molar-refractivity contribution < 1.29 is 13.9 Å². The van der Waals surface area contributed by atoms with Gasteiger partial charge in [0.15, 0.2) is 5.76 Å². The van der Waals surface area contributed by atoms with Crippen molar-refractivity contribution in [2.24, 2.45) is 0 Å². The Morgan fingerprint density at radius 2 is 2.21 bits per heavy atom. The van der Waals surface area contributed by atoms with Crippen molar-refractivity contribution in [3.05, 3.63) is 24.2 Å². The zero-order valence-corrected chi connectivity index (χ0v) is 11.6. The van der Waals surface area contributed by atoms with Crippen LogP contribution in [0.4, 0.5) is 0 Å². The molecule has 1 N–H and O–H groups in total. The Balaban J connectivity index is 1.79. The minimum absolute atomic E-state index is 0.0745. The van der Waals surface area contributed by atoms with Gasteiger partial charge < -0.3 is 14.1 Å². The van der Waals surface area contributed by atoms with Gasteiger partial charge in [-0.1, -0.05) is 0 Å². The van der Waals surface area contributed by atoms with Crippen LogP contribution in [0.2, 0.25) is 0 Å². The molecule has 0 bridgehead atoms. The lowest BCUT2D eigenvalue weighted by Gasteiger charge is -2.33. The molecule has 6 nitrogen and oxygen atoms in total. The van der Waals surface area contributed by atoms with Crippen LogP contribution >= 0.6 is 11.9 Å². The predicted octanol–water partition coefficient (Wildman–Crippen LogP) is 1.66. The fraction of sp³-hybridized carbons (Fsp3) is 0.500. The van der Waals surface area contributed by atoms with Gasteiger partial charge in [-0.25, -0.2) is 4.31 Å². The molecule has 0 saturated carbocycles. The van der Waals surface area contributed by atoms with E-state index in [1.165, 1.54) is 18.2 Å². The summed E-state index contributed by atoms with van der Waals surface area (Å²) in [5.74, 6) is 0.303. The molecule has 0 aromatic carbocycles. The first-order valence-electron chi connectivity index (χ1n) is 6.17. The quantitative estimate of drug-likeness (QED) is 0.519. The topological polar surface area (TPSA) is 69.8 Å². The highest BCUT2D eigenvalue weighted by Gasteiger charge is 2.24. The molecule has 0 unspecified atom stereocenters. The molecule has 1 aliphatic heterocycles. The Morgan fingerprint density at radius 1 is 1.47 bits per heavy atom. The minimum atomic E-state index is -0.0745. The lowest BCUT2D eigenvalue weighted by molar-refractivity contribution is 0.0672. The Labute approximate surface area is 116 Å². The molecule has 1 aromatic rings. The van der Waals surface area contributed by atoms with E-state index in [0.717, 1.165) is 0 Å². The molecule has 1 aromatic heterocycles. The predicted molar refractivity (Wildman–Crippen MR) is 73.1 cm³/mol. The molecule has 1 amide bonds. The summed E-state index contributed by atoms with van der Waals surface area (Å²) in [6.45, 7) is 5.05. The van der Waals surface area contributed by atoms with Crippen LogP contribution < -0.4 is 0 Å². The van der Waals surface area contributed by atoms with E-state index in [0.29, 0.717) is 38.5 Å². The third kappa shape index (κ3) is 3.74. The summed E-state index contributed by atoms with van der Waals surface area (Å²) in [5.41, 5.74) is 0. The molecule has 1 saturated heterocycles. The van der Waals surface area contributed by atoms with Gasteiger partial charge in [0.05, 0.1) is 12.9 Å². The first-order chi connectivity index (χ1) is 9.20. The first kappa shape index (κ1) is 14.0. The second-order valence-electron chi connectivity index (χ2n) is 4.01. The first-order valence-corrected chi connectivity index (χ1v) is 6.95. The number of furan rings is 1. The van der Waals surface area contributed by atoms with E-state index in [2.05, 4.69) is 0 Å². The number of amides is 1. The molecule has 2 heterocycles. The number of rotatable bonds is 3. The smallest absolute Gasteiger partial charge is 0.289 e. The van der Waals surface area contributed by atoms with Gasteiger partial charge in [-0.15, -0.1) is 0 Å². The fourth-order valence-electron chi connectivity index (χ4n) is 1.81. The van der Waals surface area contributed by atoms with Crippen molar-refractivity contribution in [3.63, 3.8) is 0 Å². The maximum Gasteiger partial charge on any atom is 0.289 e. The van der Waals surface area contributed by atoms with Gasteiger partial charge in [0.1, 0.15) is 0 Å². The van der Waals surface area contributed by atoms with Crippen molar-refractivity contribution in [2.75, 3.05) is 32.8 Å². The summed E-state index contributed by atoms with van der Waals surface area (Å²) in [5, 5.41) is 7.78. The van der Waals surface area contributed by atoms with E-state index in [-0.39, 0.29) is 11.1 Å².